The van der Waals surface area contributed by atoms with Gasteiger partial charge in [-0.2, -0.15) is 0 Å². The van der Waals surface area contributed by atoms with Crippen molar-refractivity contribution in [3.63, 3.8) is 0 Å². The van der Waals surface area contributed by atoms with Crippen molar-refractivity contribution in [2.24, 2.45) is 0 Å². The molecule has 1 unspecified atom stereocenters. The first-order valence-electron chi connectivity index (χ1n) is 9.53. The minimum absolute atomic E-state index is 0.0830. The van der Waals surface area contributed by atoms with Crippen LogP contribution in [0.3, 0.4) is 0 Å². The third-order valence-corrected chi connectivity index (χ3v) is 5.28. The molecule has 0 spiro atoms. The molecular weight excluding hydrogens is 411 g/mol. The molecule has 1 saturated heterocycles. The van der Waals surface area contributed by atoms with Crippen LogP contribution in [-0.4, -0.2) is 29.6 Å². The Morgan fingerprint density at radius 1 is 1.23 bits per heavy atom. The summed E-state index contributed by atoms with van der Waals surface area (Å²) in [5, 5.41) is 4.45. The summed E-state index contributed by atoms with van der Waals surface area (Å²) in [5.74, 6) is 0.890. The van der Waals surface area contributed by atoms with Gasteiger partial charge in [0.1, 0.15) is 12.4 Å². The quantitative estimate of drug-likeness (QED) is 0.548. The summed E-state index contributed by atoms with van der Waals surface area (Å²) < 4.78 is 29.5. The number of hydrogen-bond acceptors (Lipinski definition) is 5. The van der Waals surface area contributed by atoms with Crippen molar-refractivity contribution in [3.8, 4) is 11.5 Å². The molecule has 0 aliphatic carbocycles. The molecule has 1 aliphatic heterocycles. The van der Waals surface area contributed by atoms with Crippen molar-refractivity contribution < 1.29 is 23.2 Å². The second-order valence-electron chi connectivity index (χ2n) is 6.97. The summed E-state index contributed by atoms with van der Waals surface area (Å²) in [7, 11) is 1.53. The second kappa shape index (κ2) is 8.75. The molecule has 6 nitrogen and oxygen atoms in total. The third-order valence-electron chi connectivity index (χ3n) is 5.04. The number of aromatic nitrogens is 1. The van der Waals surface area contributed by atoms with Gasteiger partial charge in [-0.3, -0.25) is 4.79 Å². The number of hydrogen-bond donors (Lipinski definition) is 0. The molecule has 2 aromatic carbocycles. The molecule has 0 bridgehead atoms. The summed E-state index contributed by atoms with van der Waals surface area (Å²) >= 11 is 5.95. The molecule has 8 heteroatoms. The monoisotopic (exact) mass is 430 g/mol. The molecule has 1 atom stereocenters. The largest absolute Gasteiger partial charge is 0.493 e. The maximum Gasteiger partial charge on any atom is 0.276 e. The van der Waals surface area contributed by atoms with Crippen molar-refractivity contribution in [1.82, 2.24) is 10.1 Å². The Bertz CT molecular complexity index is 1040. The van der Waals surface area contributed by atoms with Crippen LogP contribution in [0.1, 0.15) is 40.7 Å². The molecule has 2 heterocycles. The molecule has 1 aromatic heterocycles. The third kappa shape index (κ3) is 4.26. The summed E-state index contributed by atoms with van der Waals surface area (Å²) in [6.45, 7) is 0.696. The Hall–Kier alpha value is -3.06. The number of likely N-dealkylation sites (tertiary alicyclic amines) is 1. The van der Waals surface area contributed by atoms with Crippen LogP contribution in [0.15, 0.2) is 53.1 Å². The predicted octanol–water partition coefficient (Wildman–Crippen LogP) is 5.03. The number of amides is 1. The lowest BCUT2D eigenvalue weighted by Gasteiger charge is -2.24. The average Bonchev–Trinajstić information content (AvgIpc) is 3.43. The molecule has 1 amide bonds. The number of benzene rings is 2. The van der Waals surface area contributed by atoms with E-state index in [4.69, 9.17) is 25.6 Å². The van der Waals surface area contributed by atoms with Gasteiger partial charge in [0.2, 0.25) is 0 Å². The van der Waals surface area contributed by atoms with E-state index in [0.717, 1.165) is 18.4 Å². The molecule has 1 fully saturated rings. The van der Waals surface area contributed by atoms with Gasteiger partial charge in [-0.15, -0.1) is 0 Å². The van der Waals surface area contributed by atoms with E-state index in [0.29, 0.717) is 28.8 Å². The van der Waals surface area contributed by atoms with Gasteiger partial charge in [-0.1, -0.05) is 28.9 Å². The highest BCUT2D eigenvalue weighted by molar-refractivity contribution is 6.30. The fourth-order valence-electron chi connectivity index (χ4n) is 3.58. The minimum Gasteiger partial charge on any atom is -0.493 e. The number of ether oxygens (including phenoxy) is 2. The predicted molar refractivity (Wildman–Crippen MR) is 108 cm³/mol. The highest BCUT2D eigenvalue weighted by Gasteiger charge is 2.32. The Kier molecular flexibility index (Phi) is 5.90. The zero-order valence-corrected chi connectivity index (χ0v) is 17.1. The van der Waals surface area contributed by atoms with Gasteiger partial charge in [0.15, 0.2) is 23.0 Å². The van der Waals surface area contributed by atoms with Crippen molar-refractivity contribution in [3.05, 3.63) is 76.4 Å². The lowest BCUT2D eigenvalue weighted by atomic mass is 10.0. The number of halogens is 2. The van der Waals surface area contributed by atoms with Crippen molar-refractivity contribution in [2.45, 2.75) is 25.5 Å². The Balaban J connectivity index is 1.44. The summed E-state index contributed by atoms with van der Waals surface area (Å²) in [6.07, 6.45) is 1.69. The van der Waals surface area contributed by atoms with E-state index in [9.17, 15) is 9.18 Å². The molecule has 0 N–H and O–H groups in total. The summed E-state index contributed by atoms with van der Waals surface area (Å²) in [6, 6.07) is 12.8. The Labute approximate surface area is 178 Å². The molecule has 0 saturated carbocycles. The van der Waals surface area contributed by atoms with Crippen molar-refractivity contribution in [1.29, 1.82) is 0 Å². The van der Waals surface area contributed by atoms with Crippen LogP contribution < -0.4 is 9.47 Å². The normalized spacial score (nSPS) is 16.0. The molecule has 0 radical (unpaired) electrons. The Morgan fingerprint density at radius 2 is 2.03 bits per heavy atom. The van der Waals surface area contributed by atoms with Gasteiger partial charge in [0.05, 0.1) is 13.2 Å². The highest BCUT2D eigenvalue weighted by atomic mass is 35.5. The van der Waals surface area contributed by atoms with E-state index >= 15 is 0 Å². The topological polar surface area (TPSA) is 64.8 Å². The van der Waals surface area contributed by atoms with E-state index in [2.05, 4.69) is 5.16 Å². The highest BCUT2D eigenvalue weighted by Crippen LogP contribution is 2.33. The number of nitrogens with zero attached hydrogens (tertiary/aromatic N) is 2. The van der Waals surface area contributed by atoms with Crippen LogP contribution in [0.2, 0.25) is 5.02 Å². The zero-order chi connectivity index (χ0) is 21.1. The molecule has 4 rings (SSSR count). The van der Waals surface area contributed by atoms with E-state index in [1.807, 2.05) is 0 Å². The summed E-state index contributed by atoms with van der Waals surface area (Å²) in [5.41, 5.74) is 1.12. The lowest BCUT2D eigenvalue weighted by Crippen LogP contribution is -2.30. The lowest BCUT2D eigenvalue weighted by molar-refractivity contribution is 0.0725. The van der Waals surface area contributed by atoms with E-state index in [-0.39, 0.29) is 30.1 Å². The molecule has 156 valence electrons. The molecular formula is C22H20ClFN2O4. The second-order valence-corrected chi connectivity index (χ2v) is 7.41. The van der Waals surface area contributed by atoms with E-state index < -0.39 is 0 Å². The number of carbonyl (C=O) groups is 1. The van der Waals surface area contributed by atoms with Crippen molar-refractivity contribution >= 4 is 17.5 Å². The van der Waals surface area contributed by atoms with Gasteiger partial charge in [0, 0.05) is 23.7 Å². The zero-order valence-electron chi connectivity index (χ0n) is 16.3. The van der Waals surface area contributed by atoms with Crippen LogP contribution in [0, 0.1) is 5.82 Å². The molecule has 1 aliphatic rings. The first kappa shape index (κ1) is 20.2. The standard InChI is InChI=1S/C22H20ClFN2O4/c1-28-21-11-15(23)6-9-20(21)29-13-17-12-18(25-30-17)22(27)26-10-2-3-19(26)14-4-7-16(24)8-5-14/h4-9,11-12,19H,2-3,10,13H2,1H3. The molecule has 30 heavy (non-hydrogen) atoms. The van der Waals surface area contributed by atoms with Gasteiger partial charge >= 0.3 is 0 Å². The van der Waals surface area contributed by atoms with E-state index in [1.165, 1.54) is 19.2 Å². The first-order valence-corrected chi connectivity index (χ1v) is 9.91. The minimum atomic E-state index is -0.298. The average molecular weight is 431 g/mol. The SMILES string of the molecule is COc1cc(Cl)ccc1OCc1cc(C(=O)N2CCCC2c2ccc(F)cc2)no1. The van der Waals surface area contributed by atoms with Gasteiger partial charge in [-0.05, 0) is 42.7 Å². The maximum absolute atomic E-state index is 13.2. The first-order chi connectivity index (χ1) is 14.5. The fraction of sp³-hybridized carbons (Fsp3) is 0.273. The van der Waals surface area contributed by atoms with Crippen LogP contribution in [0.25, 0.3) is 0 Å². The smallest absolute Gasteiger partial charge is 0.276 e. The molecule has 3 aromatic rings. The van der Waals surface area contributed by atoms with Gasteiger partial charge in [-0.25, -0.2) is 4.39 Å². The maximum atomic E-state index is 13.2. The van der Waals surface area contributed by atoms with Crippen LogP contribution in [0.4, 0.5) is 4.39 Å². The number of rotatable bonds is 6. The summed E-state index contributed by atoms with van der Waals surface area (Å²) in [4.78, 5) is 14.7. The number of carbonyl (C=O) groups excluding carboxylic acids is 1. The van der Waals surface area contributed by atoms with Crippen LogP contribution in [0.5, 0.6) is 11.5 Å². The van der Waals surface area contributed by atoms with Gasteiger partial charge < -0.3 is 18.9 Å². The fourth-order valence-corrected chi connectivity index (χ4v) is 3.74. The van der Waals surface area contributed by atoms with Crippen molar-refractivity contribution in [2.75, 3.05) is 13.7 Å². The number of methoxy groups -OCH3 is 1. The Morgan fingerprint density at radius 3 is 2.80 bits per heavy atom. The van der Waals surface area contributed by atoms with E-state index in [1.54, 1.807) is 41.3 Å². The van der Waals surface area contributed by atoms with Gasteiger partial charge in [0.25, 0.3) is 5.91 Å². The van der Waals surface area contributed by atoms with Crippen LogP contribution >= 0.6 is 11.6 Å². The van der Waals surface area contributed by atoms with Crippen LogP contribution in [-0.2, 0) is 6.61 Å².